The predicted octanol–water partition coefficient (Wildman–Crippen LogP) is 0.0698. The lowest BCUT2D eigenvalue weighted by molar-refractivity contribution is -0.225. The molecule has 3 unspecified atom stereocenters. The molecular weight excluding hydrogens is 292 g/mol. The number of fused-ring (bicyclic) bond motifs is 1. The summed E-state index contributed by atoms with van der Waals surface area (Å²) in [4.78, 5) is 12.5. The summed E-state index contributed by atoms with van der Waals surface area (Å²) in [7, 11) is -2.99. The molecule has 122 valence electrons. The Labute approximate surface area is 126 Å². The topological polar surface area (TPSA) is 98.5 Å². The van der Waals surface area contributed by atoms with Crippen molar-refractivity contribution in [3.63, 3.8) is 0 Å². The Balaban J connectivity index is 1.94. The van der Waals surface area contributed by atoms with E-state index in [0.29, 0.717) is 13.0 Å². The van der Waals surface area contributed by atoms with E-state index >= 15 is 0 Å². The summed E-state index contributed by atoms with van der Waals surface area (Å²) in [6.45, 7) is 5.00. The second kappa shape index (κ2) is 5.52. The largest absolute Gasteiger partial charge is 0.377 e. The van der Waals surface area contributed by atoms with E-state index in [0.717, 1.165) is 19.4 Å². The summed E-state index contributed by atoms with van der Waals surface area (Å²) in [5.41, 5.74) is 5.11. The van der Waals surface area contributed by atoms with Crippen LogP contribution in [0, 0.1) is 11.3 Å². The molecule has 0 radical (unpaired) electrons. The fourth-order valence-corrected chi connectivity index (χ4v) is 4.39. The summed E-state index contributed by atoms with van der Waals surface area (Å²) in [5, 5.41) is 2.80. The summed E-state index contributed by atoms with van der Waals surface area (Å²) >= 11 is 0. The third kappa shape index (κ3) is 2.83. The number of carbonyl (C=O) groups excluding carboxylic acids is 1. The lowest BCUT2D eigenvalue weighted by Crippen LogP contribution is -2.82. The third-order valence-electron chi connectivity index (χ3n) is 5.04. The minimum atomic E-state index is -2.99. The first kappa shape index (κ1) is 16.7. The fraction of sp³-hybridized carbons (Fsp3) is 0.929. The Morgan fingerprint density at radius 2 is 2.10 bits per heavy atom. The molecule has 1 saturated heterocycles. The Hall–Kier alpha value is -0.660. The van der Waals surface area contributed by atoms with Gasteiger partial charge in [0.1, 0.15) is 15.4 Å². The van der Waals surface area contributed by atoms with Crippen LogP contribution in [0.25, 0.3) is 0 Å². The Morgan fingerprint density at radius 1 is 1.43 bits per heavy atom. The molecular formula is C14H26N2O4S. The van der Waals surface area contributed by atoms with Gasteiger partial charge in [-0.15, -0.1) is 0 Å². The van der Waals surface area contributed by atoms with E-state index in [1.165, 1.54) is 6.26 Å². The van der Waals surface area contributed by atoms with Crippen molar-refractivity contribution in [1.29, 1.82) is 0 Å². The predicted molar refractivity (Wildman–Crippen MR) is 80.5 cm³/mol. The van der Waals surface area contributed by atoms with Gasteiger partial charge < -0.3 is 15.8 Å². The maximum atomic E-state index is 12.5. The molecule has 6 nitrogen and oxygen atoms in total. The summed E-state index contributed by atoms with van der Waals surface area (Å²) in [6, 6.07) is 0. The van der Waals surface area contributed by atoms with E-state index in [1.807, 2.05) is 13.8 Å². The number of rotatable bonds is 5. The monoisotopic (exact) mass is 318 g/mol. The maximum absolute atomic E-state index is 12.5. The van der Waals surface area contributed by atoms with Gasteiger partial charge in [-0.3, -0.25) is 4.79 Å². The zero-order valence-electron chi connectivity index (χ0n) is 13.0. The molecule has 0 bridgehead atoms. The minimum absolute atomic E-state index is 0.0398. The van der Waals surface area contributed by atoms with Crippen molar-refractivity contribution in [2.45, 2.75) is 44.8 Å². The van der Waals surface area contributed by atoms with Gasteiger partial charge in [-0.2, -0.15) is 0 Å². The first-order valence-electron chi connectivity index (χ1n) is 7.47. The van der Waals surface area contributed by atoms with Crippen LogP contribution in [-0.2, 0) is 19.4 Å². The molecule has 0 aromatic heterocycles. The maximum Gasteiger partial charge on any atom is 0.241 e. The molecule has 2 aliphatic rings. The highest BCUT2D eigenvalue weighted by Crippen LogP contribution is 2.57. The Bertz CT molecular complexity index is 517. The van der Waals surface area contributed by atoms with Crippen molar-refractivity contribution in [3.8, 4) is 0 Å². The zero-order chi connectivity index (χ0) is 15.9. The Morgan fingerprint density at radius 3 is 2.71 bits per heavy atom. The van der Waals surface area contributed by atoms with Crippen molar-refractivity contribution in [2.75, 3.05) is 25.2 Å². The van der Waals surface area contributed by atoms with Crippen molar-refractivity contribution >= 4 is 15.7 Å². The van der Waals surface area contributed by atoms with Gasteiger partial charge in [0.15, 0.2) is 0 Å². The molecule has 21 heavy (non-hydrogen) atoms. The normalized spacial score (nSPS) is 34.7. The van der Waals surface area contributed by atoms with Crippen LogP contribution in [0.2, 0.25) is 0 Å². The van der Waals surface area contributed by atoms with Gasteiger partial charge in [-0.25, -0.2) is 8.42 Å². The van der Waals surface area contributed by atoms with Gasteiger partial charge in [-0.05, 0) is 19.3 Å². The summed E-state index contributed by atoms with van der Waals surface area (Å²) < 4.78 is 27.9. The van der Waals surface area contributed by atoms with Gasteiger partial charge in [0.25, 0.3) is 0 Å². The molecule has 7 heteroatoms. The number of hydrogen-bond acceptors (Lipinski definition) is 5. The van der Waals surface area contributed by atoms with Crippen molar-refractivity contribution in [2.24, 2.45) is 17.1 Å². The number of ether oxygens (including phenoxy) is 1. The van der Waals surface area contributed by atoms with E-state index < -0.39 is 20.8 Å². The highest BCUT2D eigenvalue weighted by atomic mass is 32.2. The molecule has 1 saturated carbocycles. The van der Waals surface area contributed by atoms with E-state index in [2.05, 4.69) is 5.32 Å². The van der Waals surface area contributed by atoms with Crippen LogP contribution in [0.15, 0.2) is 0 Å². The molecule has 0 aromatic carbocycles. The summed E-state index contributed by atoms with van der Waals surface area (Å²) in [5.74, 6) is -0.0624. The first-order chi connectivity index (χ1) is 9.61. The smallest absolute Gasteiger partial charge is 0.241 e. The molecule has 3 N–H and O–H groups in total. The van der Waals surface area contributed by atoms with Crippen molar-refractivity contribution in [1.82, 2.24) is 5.32 Å². The molecule has 3 atom stereocenters. The van der Waals surface area contributed by atoms with Gasteiger partial charge >= 0.3 is 0 Å². The van der Waals surface area contributed by atoms with Gasteiger partial charge in [-0.1, -0.05) is 13.8 Å². The number of sulfone groups is 1. The second-order valence-corrected chi connectivity index (χ2v) is 9.13. The zero-order valence-corrected chi connectivity index (χ0v) is 13.8. The fourth-order valence-electron chi connectivity index (χ4n) is 3.72. The molecule has 1 amide bonds. The van der Waals surface area contributed by atoms with E-state index in [1.54, 1.807) is 0 Å². The van der Waals surface area contributed by atoms with E-state index in [4.69, 9.17) is 10.5 Å². The summed E-state index contributed by atoms with van der Waals surface area (Å²) in [6.07, 6.45) is 3.47. The number of amides is 1. The number of nitrogens with one attached hydrogen (secondary N) is 1. The number of nitrogens with two attached hydrogens (primary N) is 1. The van der Waals surface area contributed by atoms with Crippen molar-refractivity contribution in [3.05, 3.63) is 0 Å². The average Bonchev–Trinajstić information content (AvgIpc) is 2.41. The number of carbonyl (C=O) groups is 1. The van der Waals surface area contributed by atoms with Crippen LogP contribution in [0.5, 0.6) is 0 Å². The molecule has 1 aliphatic carbocycles. The van der Waals surface area contributed by atoms with Crippen LogP contribution < -0.4 is 11.1 Å². The molecule has 0 spiro atoms. The lowest BCUT2D eigenvalue weighted by atomic mass is 9.46. The van der Waals surface area contributed by atoms with Gasteiger partial charge in [0.05, 0.1) is 11.9 Å². The number of hydrogen-bond donors (Lipinski definition) is 2. The average molecular weight is 318 g/mol. The van der Waals surface area contributed by atoms with E-state index in [-0.39, 0.29) is 23.7 Å². The van der Waals surface area contributed by atoms with E-state index in [9.17, 15) is 13.2 Å². The van der Waals surface area contributed by atoms with Crippen LogP contribution >= 0.6 is 0 Å². The molecule has 1 aliphatic heterocycles. The molecule has 0 aromatic rings. The van der Waals surface area contributed by atoms with Gasteiger partial charge in [0.2, 0.25) is 5.91 Å². The Kier molecular flexibility index (Phi) is 4.39. The third-order valence-corrected chi connectivity index (χ3v) is 6.07. The van der Waals surface area contributed by atoms with Crippen LogP contribution in [0.3, 0.4) is 0 Å². The van der Waals surface area contributed by atoms with Crippen LogP contribution in [0.1, 0.15) is 33.1 Å². The standard InChI is InChI=1S/C14H26N2O4S/c1-13(2)11-10(6-4-8-20-11)14(13,15)12(17)16-7-5-9-21(3,18)19/h10-11H,4-9,15H2,1-3H3,(H,16,17). The quantitative estimate of drug-likeness (QED) is 0.699. The van der Waals surface area contributed by atoms with Crippen LogP contribution in [-0.4, -0.2) is 51.1 Å². The second-order valence-electron chi connectivity index (χ2n) is 6.87. The molecule has 1 heterocycles. The first-order valence-corrected chi connectivity index (χ1v) is 9.53. The highest BCUT2D eigenvalue weighted by Gasteiger charge is 2.70. The van der Waals surface area contributed by atoms with Gasteiger partial charge in [0, 0.05) is 30.7 Å². The van der Waals surface area contributed by atoms with Crippen molar-refractivity contribution < 1.29 is 17.9 Å². The highest BCUT2D eigenvalue weighted by molar-refractivity contribution is 7.90. The lowest BCUT2D eigenvalue weighted by Gasteiger charge is -2.65. The molecule has 2 fully saturated rings. The SMILES string of the molecule is CC1(C)C2OCCCC2C1(N)C(=O)NCCCS(C)(=O)=O. The molecule has 2 rings (SSSR count). The minimum Gasteiger partial charge on any atom is -0.377 e. The van der Waals surface area contributed by atoms with Crippen LogP contribution in [0.4, 0.5) is 0 Å².